The van der Waals surface area contributed by atoms with Gasteiger partial charge in [0.2, 0.25) is 6.29 Å². The van der Waals surface area contributed by atoms with Crippen LogP contribution in [0, 0.1) is 0 Å². The monoisotopic (exact) mass is 568 g/mol. The Kier molecular flexibility index (Phi) is 8.65. The molecule has 7 N–H and O–H groups in total. The Morgan fingerprint density at radius 2 is 1.77 bits per heavy atom. The summed E-state index contributed by atoms with van der Waals surface area (Å²) in [6, 6.07) is 7.00. The minimum absolute atomic E-state index is 0.00154. The minimum atomic E-state index is -2.13. The van der Waals surface area contributed by atoms with E-state index in [-0.39, 0.29) is 35.0 Å². The molecule has 0 amide bonds. The topological polar surface area (TPSA) is 231 Å². The molecule has 15 heteroatoms. The molecular weight excluding hydrogens is 540 g/mol. The van der Waals surface area contributed by atoms with Gasteiger partial charge >= 0.3 is 11.9 Å². The van der Waals surface area contributed by atoms with Crippen LogP contribution in [0.25, 0.3) is 0 Å². The van der Waals surface area contributed by atoms with E-state index < -0.39 is 73.5 Å². The van der Waals surface area contributed by atoms with Crippen LogP contribution in [-0.4, -0.2) is 117 Å². The molecule has 0 aliphatic carbocycles. The van der Waals surface area contributed by atoms with Crippen molar-refractivity contribution in [3.05, 3.63) is 47.5 Å². The molecule has 2 aromatic carbocycles. The third-order valence-corrected chi connectivity index (χ3v) is 6.35. The average Bonchev–Trinajstić information content (AvgIpc) is 3.20. The molecule has 2 fully saturated rings. The van der Waals surface area contributed by atoms with E-state index in [1.165, 1.54) is 31.4 Å². The minimum Gasteiger partial charge on any atom is -0.507 e. The molecule has 40 heavy (non-hydrogen) atoms. The molecule has 15 nitrogen and oxygen atoms in total. The zero-order chi connectivity index (χ0) is 29.2. The summed E-state index contributed by atoms with van der Waals surface area (Å²) >= 11 is 0. The summed E-state index contributed by atoms with van der Waals surface area (Å²) in [5.41, 5.74) is -2.51. The fourth-order valence-electron chi connectivity index (χ4n) is 4.04. The van der Waals surface area contributed by atoms with Crippen molar-refractivity contribution in [3.63, 3.8) is 0 Å². The molecule has 2 aromatic rings. The van der Waals surface area contributed by atoms with Gasteiger partial charge in [-0.25, -0.2) is 9.59 Å². The molecule has 0 bridgehead atoms. The third-order valence-electron chi connectivity index (χ3n) is 6.35. The van der Waals surface area contributed by atoms with Gasteiger partial charge < -0.3 is 64.2 Å². The maximum atomic E-state index is 12.4. The first-order valence-corrected chi connectivity index (χ1v) is 11.9. The van der Waals surface area contributed by atoms with Crippen LogP contribution < -0.4 is 9.47 Å². The number of carboxylic acid groups (broad SMARTS) is 1. The number of aromatic hydroxyl groups is 2. The van der Waals surface area contributed by atoms with Gasteiger partial charge in [0.15, 0.2) is 29.5 Å². The van der Waals surface area contributed by atoms with Gasteiger partial charge in [-0.3, -0.25) is 0 Å². The van der Waals surface area contributed by atoms with Crippen molar-refractivity contribution >= 4 is 11.9 Å². The van der Waals surface area contributed by atoms with Gasteiger partial charge in [0.1, 0.15) is 42.0 Å². The Labute approximate surface area is 226 Å². The lowest BCUT2D eigenvalue weighted by Gasteiger charge is -2.39. The Morgan fingerprint density at radius 3 is 2.45 bits per heavy atom. The summed E-state index contributed by atoms with van der Waals surface area (Å²) in [6.45, 7) is -1.65. The number of methoxy groups -OCH3 is 1. The van der Waals surface area contributed by atoms with Gasteiger partial charge in [-0.15, -0.1) is 0 Å². The summed E-state index contributed by atoms with van der Waals surface area (Å²) in [5.74, 6) is -3.11. The van der Waals surface area contributed by atoms with Gasteiger partial charge in [-0.1, -0.05) is 0 Å². The number of aliphatic hydroxyl groups excluding tert-OH is 3. The Bertz CT molecular complexity index is 1230. The van der Waals surface area contributed by atoms with Crippen LogP contribution in [-0.2, 0) is 18.9 Å². The lowest BCUT2D eigenvalue weighted by atomic mass is 10.0. The van der Waals surface area contributed by atoms with E-state index in [2.05, 4.69) is 0 Å². The summed E-state index contributed by atoms with van der Waals surface area (Å²) < 4.78 is 32.0. The van der Waals surface area contributed by atoms with Gasteiger partial charge in [0.05, 0.1) is 25.9 Å². The number of aliphatic hydroxyl groups is 4. The number of esters is 1. The predicted molar refractivity (Wildman–Crippen MR) is 128 cm³/mol. The average molecular weight is 568 g/mol. The number of carboxylic acids is 1. The molecule has 2 aliphatic rings. The fourth-order valence-corrected chi connectivity index (χ4v) is 4.04. The number of rotatable bonds is 9. The van der Waals surface area contributed by atoms with Crippen LogP contribution in [0.4, 0.5) is 0 Å². The highest BCUT2D eigenvalue weighted by molar-refractivity contribution is 5.91. The van der Waals surface area contributed by atoms with E-state index in [0.29, 0.717) is 0 Å². The largest absolute Gasteiger partial charge is 0.507 e. The van der Waals surface area contributed by atoms with E-state index in [1.54, 1.807) is 0 Å². The summed E-state index contributed by atoms with van der Waals surface area (Å²) in [7, 11) is 1.29. The smallest absolute Gasteiger partial charge is 0.339 e. The zero-order valence-corrected chi connectivity index (χ0v) is 20.9. The molecule has 7 atom stereocenters. The molecule has 0 saturated carbocycles. The number of phenols is 2. The SMILES string of the molecule is COc1cc(C(=O)OC[C@@]2(O)CO[C@@H](O[C@H]3[C@H](Oc4ccc(C(=O)O)c(O)c4)OC[C@@H](O)[C@@H]3O)[C@@H]2O)ccc1O. The number of phenolic OH excluding ortho intramolecular Hbond substituents is 1. The van der Waals surface area contributed by atoms with Gasteiger partial charge in [-0.05, 0) is 30.3 Å². The fraction of sp³-hybridized carbons (Fsp3) is 0.440. The Hall–Kier alpha value is -3.70. The Morgan fingerprint density at radius 1 is 1.02 bits per heavy atom. The van der Waals surface area contributed by atoms with Crippen LogP contribution in [0.15, 0.2) is 36.4 Å². The molecule has 0 spiro atoms. The van der Waals surface area contributed by atoms with Crippen LogP contribution in [0.1, 0.15) is 20.7 Å². The second kappa shape index (κ2) is 11.8. The van der Waals surface area contributed by atoms with Crippen molar-refractivity contribution in [2.45, 2.75) is 42.6 Å². The molecule has 2 saturated heterocycles. The Balaban J connectivity index is 1.42. The van der Waals surface area contributed by atoms with E-state index in [0.717, 1.165) is 12.1 Å². The molecular formula is C25H28O15. The lowest BCUT2D eigenvalue weighted by Crippen LogP contribution is -2.58. The first-order chi connectivity index (χ1) is 18.9. The number of benzene rings is 2. The van der Waals surface area contributed by atoms with E-state index >= 15 is 0 Å². The highest BCUT2D eigenvalue weighted by atomic mass is 16.8. The van der Waals surface area contributed by atoms with Crippen LogP contribution in [0.5, 0.6) is 23.0 Å². The maximum Gasteiger partial charge on any atom is 0.339 e. The van der Waals surface area contributed by atoms with Gasteiger partial charge in [0.25, 0.3) is 0 Å². The van der Waals surface area contributed by atoms with E-state index in [4.69, 9.17) is 33.5 Å². The normalized spacial score (nSPS) is 30.0. The van der Waals surface area contributed by atoms with Gasteiger partial charge in [0, 0.05) is 6.07 Å². The highest BCUT2D eigenvalue weighted by Gasteiger charge is 2.53. The number of aromatic carboxylic acids is 1. The van der Waals surface area contributed by atoms with Crippen LogP contribution in [0.3, 0.4) is 0 Å². The first kappa shape index (κ1) is 29.3. The van der Waals surface area contributed by atoms with E-state index in [9.17, 15) is 40.2 Å². The van der Waals surface area contributed by atoms with Crippen molar-refractivity contribution in [1.82, 2.24) is 0 Å². The zero-order valence-electron chi connectivity index (χ0n) is 20.9. The van der Waals surface area contributed by atoms with Gasteiger partial charge in [-0.2, -0.15) is 0 Å². The second-order valence-corrected chi connectivity index (χ2v) is 9.15. The summed E-state index contributed by atoms with van der Waals surface area (Å²) in [5, 5.41) is 70.9. The third kappa shape index (κ3) is 6.05. The van der Waals surface area contributed by atoms with Crippen LogP contribution in [0.2, 0.25) is 0 Å². The number of carbonyl (C=O) groups excluding carboxylic acids is 1. The molecule has 4 rings (SSSR count). The second-order valence-electron chi connectivity index (χ2n) is 9.15. The predicted octanol–water partition coefficient (Wildman–Crippen LogP) is -1.05. The maximum absolute atomic E-state index is 12.4. The van der Waals surface area contributed by atoms with Crippen molar-refractivity contribution < 1.29 is 73.8 Å². The van der Waals surface area contributed by atoms with Crippen molar-refractivity contribution in [1.29, 1.82) is 0 Å². The molecule has 0 aromatic heterocycles. The lowest BCUT2D eigenvalue weighted by molar-refractivity contribution is -0.297. The number of carbonyl (C=O) groups is 2. The molecule has 0 unspecified atom stereocenters. The van der Waals surface area contributed by atoms with E-state index in [1.807, 2.05) is 0 Å². The van der Waals surface area contributed by atoms with Crippen molar-refractivity contribution in [2.24, 2.45) is 0 Å². The molecule has 0 radical (unpaired) electrons. The summed E-state index contributed by atoms with van der Waals surface area (Å²) in [6.07, 6.45) is -9.37. The number of ether oxygens (including phenoxy) is 6. The standard InChI is InChI=1S/C25H28O15/c1-35-17-6-11(2-5-14(17)26)22(33)37-9-25(34)10-38-24(20(25)30)40-19-18(29)16(28)8-36-23(19)39-12-3-4-13(21(31)32)15(27)7-12/h2-7,16,18-20,23-24,26-30,34H,8-10H2,1H3,(H,31,32)/t16-,18+,19-,20+,23+,24+,25-/m1/s1. The molecule has 218 valence electrons. The quantitative estimate of drug-likeness (QED) is 0.179. The van der Waals surface area contributed by atoms with Crippen LogP contribution >= 0.6 is 0 Å². The summed E-state index contributed by atoms with van der Waals surface area (Å²) in [4.78, 5) is 23.6. The van der Waals surface area contributed by atoms with Crippen molar-refractivity contribution in [2.75, 3.05) is 26.9 Å². The number of hydrogen-bond donors (Lipinski definition) is 7. The number of hydrogen-bond acceptors (Lipinski definition) is 14. The van der Waals surface area contributed by atoms with Crippen molar-refractivity contribution in [3.8, 4) is 23.0 Å². The highest BCUT2D eigenvalue weighted by Crippen LogP contribution is 2.32. The molecule has 2 aliphatic heterocycles. The molecule has 2 heterocycles. The first-order valence-electron chi connectivity index (χ1n) is 11.9.